The third-order valence-corrected chi connectivity index (χ3v) is 7.67. The van der Waals surface area contributed by atoms with Crippen LogP contribution in [0.2, 0.25) is 0 Å². The molecule has 0 aliphatic heterocycles. The van der Waals surface area contributed by atoms with E-state index < -0.39 is 7.14 Å². The molecule has 3 aromatic rings. The second-order valence-electron chi connectivity index (χ2n) is 7.65. The van der Waals surface area contributed by atoms with Crippen LogP contribution >= 0.6 is 7.14 Å². The molecule has 1 nitrogen and oxygen atoms in total. The average molecular weight is 389 g/mol. The van der Waals surface area contributed by atoms with E-state index in [9.17, 15) is 4.57 Å². The van der Waals surface area contributed by atoms with E-state index in [2.05, 4.69) is 96.1 Å². The van der Waals surface area contributed by atoms with Crippen molar-refractivity contribution in [2.24, 2.45) is 0 Å². The monoisotopic (exact) mass is 388 g/mol. The van der Waals surface area contributed by atoms with Crippen molar-refractivity contribution in [3.05, 3.63) is 88.0 Å². The fourth-order valence-electron chi connectivity index (χ4n) is 3.84. The van der Waals surface area contributed by atoms with Crippen LogP contribution < -0.4 is 15.9 Å². The lowest BCUT2D eigenvalue weighted by molar-refractivity contribution is 0.592. The Morgan fingerprint density at radius 3 is 0.815 bits per heavy atom. The van der Waals surface area contributed by atoms with Gasteiger partial charge in [-0.25, -0.2) is 0 Å². The van der Waals surface area contributed by atoms with Crippen molar-refractivity contribution < 1.29 is 4.57 Å². The van der Waals surface area contributed by atoms with Crippen LogP contribution in [0.15, 0.2) is 54.6 Å². The van der Waals surface area contributed by atoms with Crippen molar-refractivity contribution in [2.45, 2.75) is 41.5 Å². The molecule has 27 heavy (non-hydrogen) atoms. The van der Waals surface area contributed by atoms with Crippen molar-refractivity contribution in [3.8, 4) is 0 Å². The Kier molecular flexibility index (Phi) is 6.79. The van der Waals surface area contributed by atoms with E-state index in [4.69, 9.17) is 0 Å². The average Bonchev–Trinajstić information content (AvgIpc) is 2.51. The first-order valence-corrected chi connectivity index (χ1v) is 10.8. The summed E-state index contributed by atoms with van der Waals surface area (Å²) in [5, 5.41) is 2.76. The third kappa shape index (κ3) is 4.56. The largest absolute Gasteiger partial charge is 0.316 e. The molecule has 0 saturated carbocycles. The molecule has 138 valence electrons. The maximum absolute atomic E-state index is 14.7. The van der Waals surface area contributed by atoms with Gasteiger partial charge >= 0.3 is 23.1 Å². The number of hydrogen-bond acceptors (Lipinski definition) is 1. The lowest BCUT2D eigenvalue weighted by Gasteiger charge is -2.23. The van der Waals surface area contributed by atoms with Crippen molar-refractivity contribution in [2.75, 3.05) is 0 Å². The lowest BCUT2D eigenvalue weighted by Crippen LogP contribution is -2.26. The van der Waals surface area contributed by atoms with Gasteiger partial charge in [0, 0.05) is 15.9 Å². The lowest BCUT2D eigenvalue weighted by atomic mass is 10.1. The van der Waals surface area contributed by atoms with Gasteiger partial charge in [-0.2, -0.15) is 0 Å². The molecule has 3 aromatic carbocycles. The highest BCUT2D eigenvalue weighted by Gasteiger charge is 2.31. The first kappa shape index (κ1) is 22.0. The summed E-state index contributed by atoms with van der Waals surface area (Å²) in [7, 11) is -2.94. The van der Waals surface area contributed by atoms with E-state index in [0.717, 1.165) is 49.3 Å². The minimum absolute atomic E-state index is 0. The summed E-state index contributed by atoms with van der Waals surface area (Å²) in [5.74, 6) is 0. The molecule has 3 rings (SSSR count). The number of aryl methyl sites for hydroxylation is 6. The summed E-state index contributed by atoms with van der Waals surface area (Å²) in [5.41, 5.74) is 6.88. The van der Waals surface area contributed by atoms with E-state index in [0.29, 0.717) is 0 Å². The zero-order chi connectivity index (χ0) is 19.1. The minimum atomic E-state index is -2.94. The van der Waals surface area contributed by atoms with Crippen LogP contribution in [0.25, 0.3) is 0 Å². The van der Waals surface area contributed by atoms with E-state index in [1.165, 1.54) is 0 Å². The van der Waals surface area contributed by atoms with E-state index >= 15 is 0 Å². The molecule has 0 unspecified atom stereocenters. The van der Waals surface area contributed by atoms with Crippen LogP contribution in [0.3, 0.4) is 0 Å². The van der Waals surface area contributed by atoms with Crippen LogP contribution in [0.5, 0.6) is 0 Å². The smallest absolute Gasteiger partial charge is 0.309 e. The molecule has 0 radical (unpaired) electrons. The molecule has 0 N–H and O–H groups in total. The van der Waals surface area contributed by atoms with Crippen molar-refractivity contribution >= 4 is 46.1 Å². The van der Waals surface area contributed by atoms with E-state index in [1.807, 2.05) is 0 Å². The Hall–Kier alpha value is -1.34. The topological polar surface area (TPSA) is 17.1 Å². The molecule has 0 aliphatic carbocycles. The fraction of sp³-hybridized carbons (Fsp3) is 0.250. The number of rotatable bonds is 3. The zero-order valence-corrected chi connectivity index (χ0v) is 17.4. The molecule has 0 atom stereocenters. The molecular weight excluding hydrogens is 360 g/mol. The highest BCUT2D eigenvalue weighted by molar-refractivity contribution is 7.85. The summed E-state index contributed by atoms with van der Waals surface area (Å²) < 4.78 is 14.7. The highest BCUT2D eigenvalue weighted by atomic mass is 31.2. The fourth-order valence-corrected chi connectivity index (χ4v) is 7.05. The predicted molar refractivity (Wildman–Crippen MR) is 123 cm³/mol. The van der Waals surface area contributed by atoms with Gasteiger partial charge in [-0.3, -0.25) is 0 Å². The normalized spacial score (nSPS) is 11.2. The van der Waals surface area contributed by atoms with Gasteiger partial charge in [-0.15, -0.1) is 0 Å². The summed E-state index contributed by atoms with van der Waals surface area (Å²) >= 11 is 0. The molecule has 0 amide bonds. The second kappa shape index (κ2) is 8.35. The maximum atomic E-state index is 14.7. The molecule has 0 bridgehead atoms. The Morgan fingerprint density at radius 2 is 0.630 bits per heavy atom. The van der Waals surface area contributed by atoms with Crippen LogP contribution in [-0.2, 0) is 4.57 Å². The molecule has 0 aliphatic rings. The van der Waals surface area contributed by atoms with Crippen LogP contribution in [0.4, 0.5) is 0 Å². The van der Waals surface area contributed by atoms with Crippen LogP contribution in [0.1, 0.15) is 33.4 Å². The Morgan fingerprint density at radius 1 is 0.444 bits per heavy atom. The summed E-state index contributed by atoms with van der Waals surface area (Å²) in [4.78, 5) is 0. The molecule has 0 fully saturated rings. The Bertz CT molecular complexity index is 844. The molecule has 3 heteroatoms. The van der Waals surface area contributed by atoms with Crippen molar-refractivity contribution in [3.63, 3.8) is 0 Å². The highest BCUT2D eigenvalue weighted by Crippen LogP contribution is 2.43. The van der Waals surface area contributed by atoms with Crippen molar-refractivity contribution in [1.82, 2.24) is 0 Å². The van der Waals surface area contributed by atoms with Gasteiger partial charge in [0.25, 0.3) is 0 Å². The van der Waals surface area contributed by atoms with E-state index in [1.54, 1.807) is 0 Å². The van der Waals surface area contributed by atoms with Crippen LogP contribution in [-0.4, -0.2) is 23.1 Å². The quantitative estimate of drug-likeness (QED) is 0.484. The van der Waals surface area contributed by atoms with Gasteiger partial charge < -0.3 is 4.57 Å². The molecular formula is C24H29MgOP. The van der Waals surface area contributed by atoms with Gasteiger partial charge in [0.15, 0.2) is 7.14 Å². The molecule has 0 heterocycles. The number of hydrogen-bond donors (Lipinski definition) is 0. The van der Waals surface area contributed by atoms with Gasteiger partial charge in [-0.05, 0) is 77.9 Å². The Labute approximate surface area is 179 Å². The third-order valence-electron chi connectivity index (χ3n) is 4.71. The SMILES string of the molecule is Cc1cc(C)cc(P(=O)(c2cc(C)cc(C)c2)c2cc(C)cc(C)c2)c1.[MgH2]. The molecule has 0 spiro atoms. The molecule has 0 aromatic heterocycles. The zero-order valence-electron chi connectivity index (χ0n) is 16.6. The van der Waals surface area contributed by atoms with Gasteiger partial charge in [-0.1, -0.05) is 51.6 Å². The number of benzene rings is 3. The van der Waals surface area contributed by atoms with Gasteiger partial charge in [0.1, 0.15) is 0 Å². The maximum Gasteiger partial charge on any atom is 0.316 e. The van der Waals surface area contributed by atoms with Crippen LogP contribution in [0, 0.1) is 41.5 Å². The van der Waals surface area contributed by atoms with E-state index in [-0.39, 0.29) is 23.1 Å². The minimum Gasteiger partial charge on any atom is -0.309 e. The predicted octanol–water partition coefficient (Wildman–Crippen LogP) is 4.26. The second-order valence-corrected chi connectivity index (χ2v) is 10.4. The van der Waals surface area contributed by atoms with Gasteiger partial charge in [0.05, 0.1) is 0 Å². The summed E-state index contributed by atoms with van der Waals surface area (Å²) in [6.45, 7) is 12.4. The summed E-state index contributed by atoms with van der Waals surface area (Å²) in [6.07, 6.45) is 0. The Balaban J connectivity index is 0.00000261. The van der Waals surface area contributed by atoms with Crippen molar-refractivity contribution in [1.29, 1.82) is 0 Å². The summed E-state index contributed by atoms with van der Waals surface area (Å²) in [6, 6.07) is 18.9. The first-order valence-electron chi connectivity index (χ1n) is 9.05. The molecule has 0 saturated heterocycles. The first-order chi connectivity index (χ1) is 12.2. The van der Waals surface area contributed by atoms with Gasteiger partial charge in [0.2, 0.25) is 0 Å². The standard InChI is InChI=1S/C24H27OP.Mg.2H/c1-16-7-17(2)11-22(10-16)26(25,23-12-18(3)8-19(4)13-23)24-14-20(5)9-21(6)15-24;;;/h7-15H,1-6H3;;;.